The highest BCUT2D eigenvalue weighted by Crippen LogP contribution is 2.53. The summed E-state index contributed by atoms with van der Waals surface area (Å²) in [7, 11) is 0. The van der Waals surface area contributed by atoms with E-state index < -0.39 is 46.6 Å². The molecule has 1 aromatic rings. The molecular formula is C12H9ClF7NO. The van der Waals surface area contributed by atoms with Gasteiger partial charge in [-0.1, -0.05) is 18.5 Å². The van der Waals surface area contributed by atoms with Crippen molar-refractivity contribution in [3.63, 3.8) is 0 Å². The summed E-state index contributed by atoms with van der Waals surface area (Å²) in [6, 6.07) is 2.21. The number of benzene rings is 1. The van der Waals surface area contributed by atoms with Crippen LogP contribution < -0.4 is 5.32 Å². The van der Waals surface area contributed by atoms with Gasteiger partial charge >= 0.3 is 12.4 Å². The van der Waals surface area contributed by atoms with E-state index in [4.69, 9.17) is 11.6 Å². The van der Waals surface area contributed by atoms with Gasteiger partial charge in [0, 0.05) is 5.69 Å². The maximum atomic E-state index is 12.9. The first-order valence-electron chi connectivity index (χ1n) is 5.76. The quantitative estimate of drug-likeness (QED) is 0.768. The van der Waals surface area contributed by atoms with Crippen LogP contribution in [-0.2, 0) is 4.79 Å². The molecule has 0 unspecified atom stereocenters. The molecule has 1 amide bonds. The molecule has 124 valence electrons. The summed E-state index contributed by atoms with van der Waals surface area (Å²) in [5, 5.41) is 0.928. The Labute approximate surface area is 125 Å². The van der Waals surface area contributed by atoms with E-state index in [2.05, 4.69) is 0 Å². The summed E-state index contributed by atoms with van der Waals surface area (Å²) in [5.74, 6) is -3.24. The number of halogens is 8. The summed E-state index contributed by atoms with van der Waals surface area (Å²) >= 11 is 5.35. The molecule has 0 atom stereocenters. The molecule has 0 aliphatic rings. The summed E-state index contributed by atoms with van der Waals surface area (Å²) in [6.07, 6.45) is -13.2. The molecule has 0 saturated carbocycles. The third-order valence-corrected chi connectivity index (χ3v) is 3.35. The molecule has 1 rings (SSSR count). The molecule has 2 nitrogen and oxygen atoms in total. The summed E-state index contributed by atoms with van der Waals surface area (Å²) < 4.78 is 90.3. The van der Waals surface area contributed by atoms with Gasteiger partial charge in [0.1, 0.15) is 5.82 Å². The van der Waals surface area contributed by atoms with Crippen LogP contribution in [-0.4, -0.2) is 18.3 Å². The minimum Gasteiger partial charge on any atom is -0.325 e. The second-order valence-corrected chi connectivity index (χ2v) is 4.74. The van der Waals surface area contributed by atoms with E-state index in [1.54, 1.807) is 0 Å². The lowest BCUT2D eigenvalue weighted by Crippen LogP contribution is -2.57. The maximum Gasteiger partial charge on any atom is 0.412 e. The van der Waals surface area contributed by atoms with Gasteiger partial charge in [0.05, 0.1) is 5.02 Å². The van der Waals surface area contributed by atoms with E-state index in [-0.39, 0.29) is 0 Å². The van der Waals surface area contributed by atoms with E-state index in [0.29, 0.717) is 19.1 Å². The van der Waals surface area contributed by atoms with E-state index in [0.717, 1.165) is 6.07 Å². The Balaban J connectivity index is 3.27. The SMILES string of the molecule is CCC(C(=O)Nc1ccc(F)c(Cl)c1)(C(F)(F)F)C(F)(F)F. The number of carbonyl (C=O) groups is 1. The van der Waals surface area contributed by atoms with Gasteiger partial charge in [-0.3, -0.25) is 4.79 Å². The van der Waals surface area contributed by atoms with Gasteiger partial charge in [0.15, 0.2) is 0 Å². The summed E-state index contributed by atoms with van der Waals surface area (Å²) in [5.41, 5.74) is -5.05. The Hall–Kier alpha value is -1.51. The lowest BCUT2D eigenvalue weighted by atomic mass is 9.82. The van der Waals surface area contributed by atoms with Crippen molar-refractivity contribution in [3.8, 4) is 0 Å². The van der Waals surface area contributed by atoms with Crippen LogP contribution >= 0.6 is 11.6 Å². The first-order valence-corrected chi connectivity index (χ1v) is 6.14. The monoisotopic (exact) mass is 351 g/mol. The van der Waals surface area contributed by atoms with Crippen LogP contribution in [0.25, 0.3) is 0 Å². The van der Waals surface area contributed by atoms with E-state index in [9.17, 15) is 35.5 Å². The van der Waals surface area contributed by atoms with Crippen molar-refractivity contribution < 1.29 is 35.5 Å². The van der Waals surface area contributed by atoms with Crippen LogP contribution in [0.3, 0.4) is 0 Å². The molecule has 10 heteroatoms. The van der Waals surface area contributed by atoms with Crippen molar-refractivity contribution >= 4 is 23.2 Å². The number of anilines is 1. The van der Waals surface area contributed by atoms with E-state index in [1.165, 1.54) is 5.32 Å². The summed E-state index contributed by atoms with van der Waals surface area (Å²) in [6.45, 7) is 0.595. The van der Waals surface area contributed by atoms with Gasteiger partial charge < -0.3 is 5.32 Å². The number of hydrogen-bond donors (Lipinski definition) is 1. The molecule has 0 bridgehead atoms. The number of alkyl halides is 6. The third kappa shape index (κ3) is 3.13. The fraction of sp³-hybridized carbons (Fsp3) is 0.417. The van der Waals surface area contributed by atoms with Crippen LogP contribution in [0.4, 0.5) is 36.4 Å². The van der Waals surface area contributed by atoms with Crippen molar-refractivity contribution in [2.45, 2.75) is 25.7 Å². The Morgan fingerprint density at radius 2 is 1.64 bits per heavy atom. The maximum absolute atomic E-state index is 12.9. The lowest BCUT2D eigenvalue weighted by molar-refractivity contribution is -0.324. The van der Waals surface area contributed by atoms with Crippen molar-refractivity contribution in [2.24, 2.45) is 5.41 Å². The van der Waals surface area contributed by atoms with Crippen molar-refractivity contribution in [3.05, 3.63) is 29.0 Å². The highest BCUT2D eigenvalue weighted by atomic mass is 35.5. The smallest absolute Gasteiger partial charge is 0.325 e. The minimum absolute atomic E-state index is 0.484. The van der Waals surface area contributed by atoms with E-state index >= 15 is 0 Å². The standard InChI is InChI=1S/C12H9ClF7NO/c1-2-10(11(15,16)17,12(18,19)20)9(22)21-6-3-4-8(14)7(13)5-6/h3-5H,2H2,1H3,(H,21,22). The van der Waals surface area contributed by atoms with Gasteiger partial charge in [0.2, 0.25) is 11.3 Å². The van der Waals surface area contributed by atoms with Crippen LogP contribution in [0.15, 0.2) is 18.2 Å². The Kier molecular flexibility index (Phi) is 5.01. The summed E-state index contributed by atoms with van der Waals surface area (Å²) in [4.78, 5) is 11.7. The molecule has 0 heterocycles. The zero-order chi connectivity index (χ0) is 17.3. The van der Waals surface area contributed by atoms with Gasteiger partial charge in [-0.05, 0) is 24.6 Å². The highest BCUT2D eigenvalue weighted by molar-refractivity contribution is 6.31. The number of rotatable bonds is 3. The molecular weight excluding hydrogens is 343 g/mol. The fourth-order valence-corrected chi connectivity index (χ4v) is 1.97. The molecule has 0 aliphatic carbocycles. The van der Waals surface area contributed by atoms with Crippen LogP contribution in [0.2, 0.25) is 5.02 Å². The number of amides is 1. The molecule has 22 heavy (non-hydrogen) atoms. The van der Waals surface area contributed by atoms with Crippen LogP contribution in [0.1, 0.15) is 13.3 Å². The molecule has 0 aromatic heterocycles. The highest BCUT2D eigenvalue weighted by Gasteiger charge is 2.74. The molecule has 0 aliphatic heterocycles. The molecule has 0 saturated heterocycles. The Morgan fingerprint density at radius 3 is 2.00 bits per heavy atom. The minimum atomic E-state index is -5.85. The Morgan fingerprint density at radius 1 is 1.14 bits per heavy atom. The van der Waals surface area contributed by atoms with Gasteiger partial charge in [-0.15, -0.1) is 0 Å². The van der Waals surface area contributed by atoms with Crippen molar-refractivity contribution in [1.82, 2.24) is 0 Å². The average molecular weight is 352 g/mol. The average Bonchev–Trinajstić information content (AvgIpc) is 2.31. The zero-order valence-electron chi connectivity index (χ0n) is 10.9. The fourth-order valence-electron chi connectivity index (χ4n) is 1.79. The van der Waals surface area contributed by atoms with Gasteiger partial charge in [-0.25, -0.2) is 4.39 Å². The predicted molar refractivity (Wildman–Crippen MR) is 64.9 cm³/mol. The topological polar surface area (TPSA) is 29.1 Å². The van der Waals surface area contributed by atoms with Gasteiger partial charge in [0.25, 0.3) is 0 Å². The molecule has 1 aromatic carbocycles. The molecule has 0 spiro atoms. The Bertz CT molecular complexity index is 554. The van der Waals surface area contributed by atoms with Crippen molar-refractivity contribution in [2.75, 3.05) is 5.32 Å². The van der Waals surface area contributed by atoms with Crippen molar-refractivity contribution in [1.29, 1.82) is 0 Å². The second kappa shape index (κ2) is 5.94. The predicted octanol–water partition coefficient (Wildman–Crippen LogP) is 4.94. The third-order valence-electron chi connectivity index (χ3n) is 3.06. The van der Waals surface area contributed by atoms with Gasteiger partial charge in [-0.2, -0.15) is 26.3 Å². The largest absolute Gasteiger partial charge is 0.412 e. The first kappa shape index (κ1) is 18.5. The first-order chi connectivity index (χ1) is 9.86. The number of nitrogens with one attached hydrogen (secondary N) is 1. The normalized spacial score (nSPS) is 13.1. The number of carbonyl (C=O) groups excluding carboxylic acids is 1. The van der Waals surface area contributed by atoms with E-state index in [1.807, 2.05) is 0 Å². The molecule has 1 N–H and O–H groups in total. The molecule has 0 radical (unpaired) electrons. The lowest BCUT2D eigenvalue weighted by Gasteiger charge is -2.34. The second-order valence-electron chi connectivity index (χ2n) is 4.34. The van der Waals surface area contributed by atoms with Crippen LogP contribution in [0, 0.1) is 11.2 Å². The number of hydrogen-bond acceptors (Lipinski definition) is 1. The molecule has 0 fully saturated rings. The zero-order valence-corrected chi connectivity index (χ0v) is 11.6. The van der Waals surface area contributed by atoms with Crippen LogP contribution in [0.5, 0.6) is 0 Å².